The van der Waals surface area contributed by atoms with E-state index in [1.165, 1.54) is 12.3 Å². The zero-order valence-corrected chi connectivity index (χ0v) is 17.7. The summed E-state index contributed by atoms with van der Waals surface area (Å²) in [5.41, 5.74) is 0.148. The van der Waals surface area contributed by atoms with Crippen LogP contribution in [0.25, 0.3) is 0 Å². The van der Waals surface area contributed by atoms with Gasteiger partial charge in [0.1, 0.15) is 27.9 Å². The van der Waals surface area contributed by atoms with E-state index >= 15 is 0 Å². The van der Waals surface area contributed by atoms with Gasteiger partial charge in [-0.05, 0) is 31.2 Å². The van der Waals surface area contributed by atoms with Gasteiger partial charge in [0.15, 0.2) is 0 Å². The van der Waals surface area contributed by atoms with Crippen LogP contribution in [0.3, 0.4) is 0 Å². The molecule has 0 saturated carbocycles. The number of halogens is 2. The number of morpholine rings is 1. The molecule has 0 amide bonds. The maximum absolute atomic E-state index is 13.3. The number of nitrogens with one attached hydrogen (secondary N) is 1. The summed E-state index contributed by atoms with van der Waals surface area (Å²) in [6.45, 7) is 3.55. The van der Waals surface area contributed by atoms with E-state index in [-0.39, 0.29) is 10.6 Å². The number of nitrogens with zero attached hydrogens (tertiary/aromatic N) is 4. The quantitative estimate of drug-likeness (QED) is 0.644. The van der Waals surface area contributed by atoms with Crippen LogP contribution in [0.2, 0.25) is 0 Å². The number of aromatic nitrogens is 3. The Morgan fingerprint density at radius 1 is 1.16 bits per heavy atom. The van der Waals surface area contributed by atoms with E-state index in [0.717, 1.165) is 17.7 Å². The van der Waals surface area contributed by atoms with Crippen LogP contribution < -0.4 is 9.62 Å². The fourth-order valence-corrected chi connectivity index (χ4v) is 4.46. The standard InChI is InChI=1S/C20H21F2N5O3S/c1-20(14-10-24-26(2)12-14)13-27(5-6-30-20)19-4-3-18(11-23-19)31(28,29)25-17-8-15(21)7-16(22)9-17/h3-4,7-12,25H,5-6,13H2,1-2H3. The second kappa shape index (κ2) is 7.89. The number of hydrogen-bond donors (Lipinski definition) is 1. The third kappa shape index (κ3) is 4.52. The largest absolute Gasteiger partial charge is 0.367 e. The summed E-state index contributed by atoms with van der Waals surface area (Å²) in [4.78, 5) is 6.17. The van der Waals surface area contributed by atoms with Crippen LogP contribution in [0.4, 0.5) is 20.3 Å². The van der Waals surface area contributed by atoms with Gasteiger partial charge in [0.25, 0.3) is 10.0 Å². The lowest BCUT2D eigenvalue weighted by molar-refractivity contribution is -0.0468. The zero-order chi connectivity index (χ0) is 22.2. The van der Waals surface area contributed by atoms with Gasteiger partial charge in [-0.1, -0.05) is 0 Å². The summed E-state index contributed by atoms with van der Waals surface area (Å²) in [7, 11) is -2.22. The Balaban J connectivity index is 1.52. The van der Waals surface area contributed by atoms with Gasteiger partial charge < -0.3 is 9.64 Å². The first-order chi connectivity index (χ1) is 14.6. The van der Waals surface area contributed by atoms with Crippen LogP contribution >= 0.6 is 0 Å². The van der Waals surface area contributed by atoms with Crippen molar-refractivity contribution in [1.82, 2.24) is 14.8 Å². The molecule has 3 heterocycles. The maximum atomic E-state index is 13.3. The molecular formula is C20H21F2N5O3S. The Morgan fingerprint density at radius 2 is 1.90 bits per heavy atom. The van der Waals surface area contributed by atoms with Gasteiger partial charge in [0, 0.05) is 37.6 Å². The van der Waals surface area contributed by atoms with Crippen molar-refractivity contribution in [2.75, 3.05) is 29.3 Å². The Labute approximate surface area is 178 Å². The third-order valence-electron chi connectivity index (χ3n) is 5.06. The molecule has 0 radical (unpaired) electrons. The minimum atomic E-state index is -4.06. The van der Waals surface area contributed by atoms with Gasteiger partial charge in [0.05, 0.1) is 25.0 Å². The number of anilines is 2. The lowest BCUT2D eigenvalue weighted by atomic mass is 9.97. The Hall–Kier alpha value is -3.05. The van der Waals surface area contributed by atoms with Crippen LogP contribution in [-0.2, 0) is 27.4 Å². The average molecular weight is 449 g/mol. The van der Waals surface area contributed by atoms with Crippen molar-refractivity contribution in [2.45, 2.75) is 17.4 Å². The van der Waals surface area contributed by atoms with Crippen LogP contribution in [0.1, 0.15) is 12.5 Å². The zero-order valence-electron chi connectivity index (χ0n) is 16.9. The highest BCUT2D eigenvalue weighted by atomic mass is 32.2. The first-order valence-corrected chi connectivity index (χ1v) is 11.0. The molecule has 1 aliphatic rings. The smallest absolute Gasteiger partial charge is 0.263 e. The average Bonchev–Trinajstić information content (AvgIpc) is 3.14. The summed E-state index contributed by atoms with van der Waals surface area (Å²) in [6, 6.07) is 5.45. The summed E-state index contributed by atoms with van der Waals surface area (Å²) in [6.07, 6.45) is 4.87. The summed E-state index contributed by atoms with van der Waals surface area (Å²) < 4.78 is 61.7. The molecule has 3 aromatic rings. The number of sulfonamides is 1. The molecule has 1 N–H and O–H groups in total. The topological polar surface area (TPSA) is 89.4 Å². The second-order valence-corrected chi connectivity index (χ2v) is 9.20. The van der Waals surface area contributed by atoms with Gasteiger partial charge in [-0.3, -0.25) is 9.40 Å². The minimum absolute atomic E-state index is 0.121. The fourth-order valence-electron chi connectivity index (χ4n) is 3.48. The number of pyridine rings is 1. The molecular weight excluding hydrogens is 428 g/mol. The molecule has 1 saturated heterocycles. The van der Waals surface area contributed by atoms with Crippen molar-refractivity contribution >= 4 is 21.5 Å². The lowest BCUT2D eigenvalue weighted by Gasteiger charge is -2.40. The van der Waals surface area contributed by atoms with E-state index in [2.05, 4.69) is 14.8 Å². The van der Waals surface area contributed by atoms with E-state index < -0.39 is 27.3 Å². The third-order valence-corrected chi connectivity index (χ3v) is 6.43. The van der Waals surface area contributed by atoms with Crippen LogP contribution in [0, 0.1) is 11.6 Å². The molecule has 2 aromatic heterocycles. The summed E-state index contributed by atoms with van der Waals surface area (Å²) in [5, 5.41) is 4.20. The number of hydrogen-bond acceptors (Lipinski definition) is 6. The highest BCUT2D eigenvalue weighted by Crippen LogP contribution is 2.31. The molecule has 8 nitrogen and oxygen atoms in total. The minimum Gasteiger partial charge on any atom is -0.367 e. The molecule has 0 bridgehead atoms. The van der Waals surface area contributed by atoms with Crippen molar-refractivity contribution in [3.63, 3.8) is 0 Å². The predicted octanol–water partition coefficient (Wildman–Crippen LogP) is 2.65. The predicted molar refractivity (Wildman–Crippen MR) is 110 cm³/mol. The number of rotatable bonds is 5. The molecule has 1 unspecified atom stereocenters. The molecule has 1 fully saturated rings. The van der Waals surface area contributed by atoms with Crippen molar-refractivity contribution in [1.29, 1.82) is 0 Å². The van der Waals surface area contributed by atoms with E-state index in [1.54, 1.807) is 16.9 Å². The monoisotopic (exact) mass is 449 g/mol. The van der Waals surface area contributed by atoms with Crippen molar-refractivity contribution in [2.24, 2.45) is 7.05 Å². The molecule has 0 aliphatic carbocycles. The molecule has 1 atom stereocenters. The summed E-state index contributed by atoms with van der Waals surface area (Å²) >= 11 is 0. The van der Waals surface area contributed by atoms with Gasteiger partial charge >= 0.3 is 0 Å². The van der Waals surface area contributed by atoms with E-state index in [1.807, 2.05) is 25.1 Å². The van der Waals surface area contributed by atoms with E-state index in [4.69, 9.17) is 4.74 Å². The molecule has 0 spiro atoms. The Morgan fingerprint density at radius 3 is 2.52 bits per heavy atom. The number of ether oxygens (including phenoxy) is 1. The molecule has 31 heavy (non-hydrogen) atoms. The highest BCUT2D eigenvalue weighted by molar-refractivity contribution is 7.92. The highest BCUT2D eigenvalue weighted by Gasteiger charge is 2.35. The van der Waals surface area contributed by atoms with Gasteiger partial charge in [-0.2, -0.15) is 5.10 Å². The number of aryl methyl sites for hydroxylation is 1. The molecule has 1 aliphatic heterocycles. The normalized spacial score (nSPS) is 19.4. The first-order valence-electron chi connectivity index (χ1n) is 9.48. The number of benzene rings is 1. The van der Waals surface area contributed by atoms with Crippen LogP contribution in [-0.4, -0.2) is 42.9 Å². The van der Waals surface area contributed by atoms with Crippen molar-refractivity contribution in [3.05, 3.63) is 66.1 Å². The van der Waals surface area contributed by atoms with E-state index in [9.17, 15) is 17.2 Å². The first kappa shape index (κ1) is 21.2. The Bertz CT molecular complexity index is 1180. The van der Waals surface area contributed by atoms with Crippen molar-refractivity contribution in [3.8, 4) is 0 Å². The van der Waals surface area contributed by atoms with Crippen LogP contribution in [0.15, 0.2) is 53.8 Å². The van der Waals surface area contributed by atoms with Gasteiger partial charge in [-0.25, -0.2) is 22.2 Å². The van der Waals surface area contributed by atoms with Crippen molar-refractivity contribution < 1.29 is 21.9 Å². The molecule has 1 aromatic carbocycles. The lowest BCUT2D eigenvalue weighted by Crippen LogP contribution is -2.48. The SMILES string of the molecule is Cn1cc(C2(C)CN(c3ccc(S(=O)(=O)Nc4cc(F)cc(F)c4)cn3)CCO2)cn1. The fraction of sp³-hybridized carbons (Fsp3) is 0.300. The van der Waals surface area contributed by atoms with Gasteiger partial charge in [-0.15, -0.1) is 0 Å². The molecule has 164 valence electrons. The van der Waals surface area contributed by atoms with E-state index in [0.29, 0.717) is 31.6 Å². The van der Waals surface area contributed by atoms with Gasteiger partial charge in [0.2, 0.25) is 0 Å². The molecule has 11 heteroatoms. The summed E-state index contributed by atoms with van der Waals surface area (Å²) in [5.74, 6) is -1.17. The maximum Gasteiger partial charge on any atom is 0.263 e. The Kier molecular flexibility index (Phi) is 5.40. The van der Waals surface area contributed by atoms with Crippen LogP contribution in [0.5, 0.6) is 0 Å². The molecule has 4 rings (SSSR count). The second-order valence-electron chi connectivity index (χ2n) is 7.52.